The molecular formula is C17H13Cl2F3O. The average molecular weight is 361 g/mol. The predicted octanol–water partition coefficient (Wildman–Crippen LogP) is 5.77. The van der Waals surface area contributed by atoms with Crippen LogP contribution in [0.2, 0.25) is 0 Å². The van der Waals surface area contributed by atoms with E-state index in [1.807, 2.05) is 12.1 Å². The molecule has 2 aromatic carbocycles. The van der Waals surface area contributed by atoms with Gasteiger partial charge in [-0.2, -0.15) is 13.2 Å². The SMILES string of the molecule is COc1ccc([C@H]2[C@H](c3ccc(C(F)(F)F)cc3)C2(Cl)Cl)cc1. The monoisotopic (exact) mass is 360 g/mol. The molecule has 0 bridgehead atoms. The Kier molecular flexibility index (Phi) is 4.01. The van der Waals surface area contributed by atoms with Crippen LogP contribution in [0.1, 0.15) is 28.5 Å². The molecule has 0 amide bonds. The van der Waals surface area contributed by atoms with Gasteiger partial charge in [-0.15, -0.1) is 23.2 Å². The Morgan fingerprint density at radius 1 is 0.870 bits per heavy atom. The first-order valence-electron chi connectivity index (χ1n) is 6.94. The topological polar surface area (TPSA) is 9.23 Å². The molecule has 0 radical (unpaired) electrons. The first-order chi connectivity index (χ1) is 10.7. The Morgan fingerprint density at radius 2 is 1.30 bits per heavy atom. The number of hydrogen-bond acceptors (Lipinski definition) is 1. The molecule has 0 aliphatic heterocycles. The molecule has 2 aromatic rings. The van der Waals surface area contributed by atoms with Crippen LogP contribution in [-0.2, 0) is 6.18 Å². The molecule has 0 N–H and O–H groups in total. The fourth-order valence-electron chi connectivity index (χ4n) is 2.85. The minimum Gasteiger partial charge on any atom is -0.497 e. The second kappa shape index (κ2) is 5.60. The lowest BCUT2D eigenvalue weighted by Gasteiger charge is -2.07. The van der Waals surface area contributed by atoms with E-state index in [4.69, 9.17) is 27.9 Å². The van der Waals surface area contributed by atoms with Crippen molar-refractivity contribution in [3.63, 3.8) is 0 Å². The third-order valence-electron chi connectivity index (χ3n) is 4.13. The van der Waals surface area contributed by atoms with Gasteiger partial charge in [-0.3, -0.25) is 0 Å². The zero-order valence-electron chi connectivity index (χ0n) is 12.1. The van der Waals surface area contributed by atoms with Gasteiger partial charge >= 0.3 is 6.18 Å². The van der Waals surface area contributed by atoms with E-state index >= 15 is 0 Å². The Hall–Kier alpha value is -1.39. The smallest absolute Gasteiger partial charge is 0.416 e. The van der Waals surface area contributed by atoms with Gasteiger partial charge in [-0.05, 0) is 35.4 Å². The number of hydrogen-bond donors (Lipinski definition) is 0. The van der Waals surface area contributed by atoms with Crippen molar-refractivity contribution in [1.82, 2.24) is 0 Å². The fraction of sp³-hybridized carbons (Fsp3) is 0.294. The Balaban J connectivity index is 1.85. The average Bonchev–Trinajstić information content (AvgIpc) is 3.09. The number of rotatable bonds is 3. The maximum absolute atomic E-state index is 12.6. The van der Waals surface area contributed by atoms with E-state index in [0.29, 0.717) is 5.56 Å². The van der Waals surface area contributed by atoms with Crippen molar-refractivity contribution in [2.45, 2.75) is 22.3 Å². The molecule has 6 heteroatoms. The number of methoxy groups -OCH3 is 1. The van der Waals surface area contributed by atoms with Gasteiger partial charge in [0.1, 0.15) is 10.1 Å². The van der Waals surface area contributed by atoms with E-state index in [2.05, 4.69) is 0 Å². The van der Waals surface area contributed by atoms with Gasteiger partial charge in [0.2, 0.25) is 0 Å². The molecule has 1 aliphatic carbocycles. The van der Waals surface area contributed by atoms with Crippen molar-refractivity contribution in [1.29, 1.82) is 0 Å². The molecule has 1 fully saturated rings. The summed E-state index contributed by atoms with van der Waals surface area (Å²) in [5.74, 6) is 0.324. The molecule has 1 aliphatic rings. The van der Waals surface area contributed by atoms with Crippen molar-refractivity contribution in [3.05, 3.63) is 65.2 Å². The highest BCUT2D eigenvalue weighted by molar-refractivity contribution is 6.52. The first kappa shape index (κ1) is 16.5. The van der Waals surface area contributed by atoms with Crippen molar-refractivity contribution in [2.75, 3.05) is 7.11 Å². The van der Waals surface area contributed by atoms with E-state index in [-0.39, 0.29) is 11.8 Å². The van der Waals surface area contributed by atoms with Crippen LogP contribution in [0.15, 0.2) is 48.5 Å². The van der Waals surface area contributed by atoms with E-state index in [1.165, 1.54) is 12.1 Å². The molecule has 2 atom stereocenters. The molecule has 0 heterocycles. The summed E-state index contributed by atoms with van der Waals surface area (Å²) in [6.07, 6.45) is -4.35. The number of ether oxygens (including phenoxy) is 1. The zero-order chi connectivity index (χ0) is 16.8. The summed E-state index contributed by atoms with van der Waals surface area (Å²) in [5, 5.41) is 0. The summed E-state index contributed by atoms with van der Waals surface area (Å²) in [7, 11) is 1.57. The highest BCUT2D eigenvalue weighted by Gasteiger charge is 2.64. The van der Waals surface area contributed by atoms with Gasteiger partial charge in [-0.25, -0.2) is 0 Å². The van der Waals surface area contributed by atoms with Gasteiger partial charge in [0.05, 0.1) is 12.7 Å². The van der Waals surface area contributed by atoms with Crippen LogP contribution in [0.3, 0.4) is 0 Å². The Labute approximate surface area is 142 Å². The number of benzene rings is 2. The Morgan fingerprint density at radius 3 is 1.70 bits per heavy atom. The van der Waals surface area contributed by atoms with Gasteiger partial charge in [0.15, 0.2) is 0 Å². The molecule has 3 rings (SSSR count). The summed E-state index contributed by atoms with van der Waals surface area (Å²) in [4.78, 5) is 0. The van der Waals surface area contributed by atoms with E-state index in [1.54, 1.807) is 19.2 Å². The summed E-state index contributed by atoms with van der Waals surface area (Å²) < 4.78 is 42.0. The van der Waals surface area contributed by atoms with Gasteiger partial charge in [-0.1, -0.05) is 24.3 Å². The minimum absolute atomic E-state index is 0.159. The van der Waals surface area contributed by atoms with Crippen LogP contribution in [-0.4, -0.2) is 11.4 Å². The van der Waals surface area contributed by atoms with Crippen LogP contribution < -0.4 is 4.74 Å². The quantitative estimate of drug-likeness (QED) is 0.631. The second-order valence-corrected chi connectivity index (χ2v) is 6.97. The minimum atomic E-state index is -4.35. The van der Waals surface area contributed by atoms with E-state index in [9.17, 15) is 13.2 Å². The lowest BCUT2D eigenvalue weighted by Crippen LogP contribution is -2.04. The maximum Gasteiger partial charge on any atom is 0.416 e. The van der Waals surface area contributed by atoms with Gasteiger partial charge in [0.25, 0.3) is 0 Å². The van der Waals surface area contributed by atoms with E-state index in [0.717, 1.165) is 23.4 Å². The zero-order valence-corrected chi connectivity index (χ0v) is 13.6. The first-order valence-corrected chi connectivity index (χ1v) is 7.69. The van der Waals surface area contributed by atoms with E-state index < -0.39 is 16.1 Å². The van der Waals surface area contributed by atoms with Crippen molar-refractivity contribution < 1.29 is 17.9 Å². The molecule has 0 saturated heterocycles. The van der Waals surface area contributed by atoms with Gasteiger partial charge in [0, 0.05) is 11.8 Å². The largest absolute Gasteiger partial charge is 0.497 e. The lowest BCUT2D eigenvalue weighted by molar-refractivity contribution is -0.137. The summed E-state index contributed by atoms with van der Waals surface area (Å²) in [6.45, 7) is 0. The molecule has 122 valence electrons. The number of halogens is 5. The standard InChI is InChI=1S/C17H13Cl2F3O/c1-23-13-8-4-11(5-9-13)15-14(16(15,18)19)10-2-6-12(7-3-10)17(20,21)22/h2-9,14-15H,1H3/t14-,15-/m0/s1. The van der Waals surface area contributed by atoms with Gasteiger partial charge < -0.3 is 4.74 Å². The van der Waals surface area contributed by atoms with Crippen LogP contribution in [0.5, 0.6) is 5.75 Å². The summed E-state index contributed by atoms with van der Waals surface area (Å²) in [6, 6.07) is 12.3. The van der Waals surface area contributed by atoms with Crippen molar-refractivity contribution in [2.24, 2.45) is 0 Å². The molecule has 0 spiro atoms. The van der Waals surface area contributed by atoms with Crippen molar-refractivity contribution in [3.8, 4) is 5.75 Å². The molecule has 0 aromatic heterocycles. The third-order valence-corrected chi connectivity index (χ3v) is 5.07. The second-order valence-electron chi connectivity index (χ2n) is 5.52. The lowest BCUT2D eigenvalue weighted by atomic mass is 10.0. The van der Waals surface area contributed by atoms with Crippen LogP contribution in [0.4, 0.5) is 13.2 Å². The maximum atomic E-state index is 12.6. The van der Waals surface area contributed by atoms with Crippen molar-refractivity contribution >= 4 is 23.2 Å². The highest BCUT2D eigenvalue weighted by atomic mass is 35.5. The van der Waals surface area contributed by atoms with Crippen LogP contribution >= 0.6 is 23.2 Å². The number of alkyl halides is 5. The molecular weight excluding hydrogens is 348 g/mol. The normalized spacial score (nSPS) is 22.7. The third kappa shape index (κ3) is 3.02. The fourth-order valence-corrected chi connectivity index (χ4v) is 3.73. The predicted molar refractivity (Wildman–Crippen MR) is 84.4 cm³/mol. The van der Waals surface area contributed by atoms with Crippen LogP contribution in [0, 0.1) is 0 Å². The molecule has 1 nitrogen and oxygen atoms in total. The summed E-state index contributed by atoms with van der Waals surface area (Å²) in [5.41, 5.74) is 0.946. The molecule has 23 heavy (non-hydrogen) atoms. The summed E-state index contributed by atoms with van der Waals surface area (Å²) >= 11 is 12.7. The highest BCUT2D eigenvalue weighted by Crippen LogP contribution is 2.70. The van der Waals surface area contributed by atoms with Crippen LogP contribution in [0.25, 0.3) is 0 Å². The molecule has 1 saturated carbocycles. The molecule has 0 unspecified atom stereocenters. The Bertz CT molecular complexity index is 693.